The minimum absolute atomic E-state index is 0.0750. The van der Waals surface area contributed by atoms with Crippen molar-refractivity contribution in [3.8, 4) is 0 Å². The zero-order chi connectivity index (χ0) is 18.3. The molecule has 130 valence electrons. The summed E-state index contributed by atoms with van der Waals surface area (Å²) in [6, 6.07) is 4.19. The summed E-state index contributed by atoms with van der Waals surface area (Å²) in [7, 11) is 0. The highest BCUT2D eigenvalue weighted by molar-refractivity contribution is 5.79. The van der Waals surface area contributed by atoms with Crippen LogP contribution < -0.4 is 21.5 Å². The molecule has 24 heavy (non-hydrogen) atoms. The van der Waals surface area contributed by atoms with E-state index in [1.165, 1.54) is 12.1 Å². The summed E-state index contributed by atoms with van der Waals surface area (Å²) >= 11 is 0. The van der Waals surface area contributed by atoms with E-state index < -0.39 is 22.6 Å². The third kappa shape index (κ3) is 3.60. The van der Waals surface area contributed by atoms with Crippen LogP contribution in [0.15, 0.2) is 33.9 Å². The van der Waals surface area contributed by atoms with Crippen LogP contribution in [0.25, 0.3) is 0 Å². The van der Waals surface area contributed by atoms with Gasteiger partial charge < -0.3 is 10.6 Å². The van der Waals surface area contributed by atoms with E-state index in [-0.39, 0.29) is 22.8 Å². The fourth-order valence-corrected chi connectivity index (χ4v) is 1.97. The molecule has 0 radical (unpaired) electrons. The molecule has 1 atom stereocenters. The maximum Gasteiger partial charge on any atom is 0.416 e. The SMILES string of the molecule is CC(Nc1c(Nc2ccc(C(F)(F)F)cc2)c(=O)c1=O)C(C)(C)C. The highest BCUT2D eigenvalue weighted by atomic mass is 19.4. The molecule has 2 rings (SSSR count). The van der Waals surface area contributed by atoms with E-state index in [1.54, 1.807) is 0 Å². The third-order valence-electron chi connectivity index (χ3n) is 4.05. The van der Waals surface area contributed by atoms with Crippen LogP contribution in [-0.4, -0.2) is 6.04 Å². The lowest BCUT2D eigenvalue weighted by Gasteiger charge is -2.30. The van der Waals surface area contributed by atoms with Crippen LogP contribution >= 0.6 is 0 Å². The first-order chi connectivity index (χ1) is 10.9. The largest absolute Gasteiger partial charge is 0.416 e. The second kappa shape index (κ2) is 5.96. The summed E-state index contributed by atoms with van der Waals surface area (Å²) < 4.78 is 37.7. The molecular weight excluding hydrogens is 321 g/mol. The van der Waals surface area contributed by atoms with E-state index in [9.17, 15) is 22.8 Å². The molecule has 0 aliphatic rings. The smallest absolute Gasteiger partial charge is 0.377 e. The number of hydrogen-bond acceptors (Lipinski definition) is 4. The van der Waals surface area contributed by atoms with Crippen molar-refractivity contribution in [3.63, 3.8) is 0 Å². The monoisotopic (exact) mass is 340 g/mol. The minimum Gasteiger partial charge on any atom is -0.377 e. The van der Waals surface area contributed by atoms with Gasteiger partial charge in [0.1, 0.15) is 11.4 Å². The van der Waals surface area contributed by atoms with Crippen molar-refractivity contribution >= 4 is 17.1 Å². The molecular formula is C17H19F3N2O2. The van der Waals surface area contributed by atoms with Crippen molar-refractivity contribution in [2.45, 2.75) is 39.9 Å². The number of nitrogens with one attached hydrogen (secondary N) is 2. The number of rotatable bonds is 4. The molecule has 7 heteroatoms. The molecule has 0 saturated heterocycles. The fraction of sp³-hybridized carbons (Fsp3) is 0.412. The van der Waals surface area contributed by atoms with Crippen molar-refractivity contribution < 1.29 is 13.2 Å². The van der Waals surface area contributed by atoms with Gasteiger partial charge in [0.15, 0.2) is 0 Å². The summed E-state index contributed by atoms with van der Waals surface area (Å²) in [5.74, 6) is 0. The van der Waals surface area contributed by atoms with Gasteiger partial charge in [0.25, 0.3) is 10.9 Å². The lowest BCUT2D eigenvalue weighted by Crippen LogP contribution is -2.41. The fourth-order valence-electron chi connectivity index (χ4n) is 1.97. The van der Waals surface area contributed by atoms with Crippen molar-refractivity contribution in [2.24, 2.45) is 5.41 Å². The van der Waals surface area contributed by atoms with Crippen molar-refractivity contribution in [1.82, 2.24) is 0 Å². The Kier molecular flexibility index (Phi) is 4.48. The molecule has 4 nitrogen and oxygen atoms in total. The van der Waals surface area contributed by atoms with Crippen LogP contribution in [0.4, 0.5) is 30.2 Å². The van der Waals surface area contributed by atoms with Gasteiger partial charge in [0, 0.05) is 11.7 Å². The van der Waals surface area contributed by atoms with Crippen molar-refractivity contribution in [3.05, 3.63) is 50.3 Å². The average Bonchev–Trinajstić information content (AvgIpc) is 2.48. The summed E-state index contributed by atoms with van der Waals surface area (Å²) in [5, 5.41) is 5.73. The number of benzene rings is 1. The standard InChI is InChI=1S/C17H19F3N2O2/c1-9(16(2,3)4)21-12-13(15(24)14(12)23)22-11-7-5-10(6-8-11)17(18,19)20/h5-9,21-22H,1-4H3. The lowest BCUT2D eigenvalue weighted by molar-refractivity contribution is -0.137. The Hall–Kier alpha value is -2.31. The number of alkyl halides is 3. The third-order valence-corrected chi connectivity index (χ3v) is 4.05. The van der Waals surface area contributed by atoms with Gasteiger partial charge in [-0.15, -0.1) is 0 Å². The molecule has 2 aromatic rings. The first kappa shape index (κ1) is 18.0. The van der Waals surface area contributed by atoms with Gasteiger partial charge in [0.05, 0.1) is 5.56 Å². The molecule has 0 heterocycles. The Balaban J connectivity index is 2.21. The lowest BCUT2D eigenvalue weighted by atomic mass is 9.87. The highest BCUT2D eigenvalue weighted by Crippen LogP contribution is 2.31. The van der Waals surface area contributed by atoms with Gasteiger partial charge in [-0.1, -0.05) is 20.8 Å². The van der Waals surface area contributed by atoms with E-state index in [2.05, 4.69) is 10.6 Å². The van der Waals surface area contributed by atoms with Crippen LogP contribution in [0.1, 0.15) is 33.3 Å². The molecule has 0 saturated carbocycles. The second-order valence-electron chi connectivity index (χ2n) is 6.84. The quantitative estimate of drug-likeness (QED) is 0.829. The van der Waals surface area contributed by atoms with E-state index in [4.69, 9.17) is 0 Å². The van der Waals surface area contributed by atoms with E-state index in [1.807, 2.05) is 27.7 Å². The molecule has 0 aromatic heterocycles. The summed E-state index contributed by atoms with van der Waals surface area (Å²) in [6.45, 7) is 7.84. The normalized spacial score (nSPS) is 13.8. The predicted molar refractivity (Wildman–Crippen MR) is 88.6 cm³/mol. The Morgan fingerprint density at radius 3 is 1.88 bits per heavy atom. The van der Waals surface area contributed by atoms with Gasteiger partial charge in [0.2, 0.25) is 0 Å². The molecule has 0 fully saturated rings. The van der Waals surface area contributed by atoms with E-state index in [0.29, 0.717) is 5.69 Å². The topological polar surface area (TPSA) is 58.2 Å². The number of anilines is 3. The molecule has 2 N–H and O–H groups in total. The Bertz CT molecular complexity index is 795. The van der Waals surface area contributed by atoms with Crippen LogP contribution in [0.2, 0.25) is 0 Å². The zero-order valence-corrected chi connectivity index (χ0v) is 13.8. The van der Waals surface area contributed by atoms with Crippen molar-refractivity contribution in [1.29, 1.82) is 0 Å². The maximum absolute atomic E-state index is 12.6. The van der Waals surface area contributed by atoms with E-state index >= 15 is 0 Å². The Labute approximate surface area is 137 Å². The van der Waals surface area contributed by atoms with Gasteiger partial charge in [-0.2, -0.15) is 13.2 Å². The number of hydrogen-bond donors (Lipinski definition) is 2. The summed E-state index contributed by atoms with van der Waals surface area (Å²) in [5.41, 5.74) is -1.66. The first-order valence-corrected chi connectivity index (χ1v) is 7.45. The molecule has 0 aliphatic heterocycles. The van der Waals surface area contributed by atoms with Crippen LogP contribution in [0.5, 0.6) is 0 Å². The highest BCUT2D eigenvalue weighted by Gasteiger charge is 2.30. The summed E-state index contributed by atoms with van der Waals surface area (Å²) in [6.07, 6.45) is -4.42. The molecule has 0 aliphatic carbocycles. The maximum atomic E-state index is 12.6. The van der Waals surface area contributed by atoms with Crippen LogP contribution in [-0.2, 0) is 6.18 Å². The molecule has 2 aromatic carbocycles. The summed E-state index contributed by atoms with van der Waals surface area (Å²) in [4.78, 5) is 23.5. The second-order valence-corrected chi connectivity index (χ2v) is 6.84. The van der Waals surface area contributed by atoms with Gasteiger partial charge in [-0.25, -0.2) is 0 Å². The van der Waals surface area contributed by atoms with Crippen molar-refractivity contribution in [2.75, 3.05) is 10.6 Å². The molecule has 0 amide bonds. The Morgan fingerprint density at radius 1 is 0.917 bits per heavy atom. The minimum atomic E-state index is -4.42. The van der Waals surface area contributed by atoms with Crippen LogP contribution in [0, 0.1) is 5.41 Å². The molecule has 1 unspecified atom stereocenters. The van der Waals surface area contributed by atoms with Crippen LogP contribution in [0.3, 0.4) is 0 Å². The molecule has 0 bridgehead atoms. The average molecular weight is 340 g/mol. The number of halogens is 3. The Morgan fingerprint density at radius 2 is 1.42 bits per heavy atom. The predicted octanol–water partition coefficient (Wildman–Crippen LogP) is 3.89. The van der Waals surface area contributed by atoms with Gasteiger partial charge in [-0.05, 0) is 36.6 Å². The zero-order valence-electron chi connectivity index (χ0n) is 13.8. The molecule has 0 spiro atoms. The first-order valence-electron chi connectivity index (χ1n) is 7.45. The van der Waals surface area contributed by atoms with E-state index in [0.717, 1.165) is 12.1 Å². The van der Waals surface area contributed by atoms with Gasteiger partial charge >= 0.3 is 6.18 Å². The van der Waals surface area contributed by atoms with Gasteiger partial charge in [-0.3, -0.25) is 9.59 Å².